The van der Waals surface area contributed by atoms with Crippen LogP contribution < -0.4 is 0 Å². The van der Waals surface area contributed by atoms with Crippen LogP contribution >= 0.6 is 0 Å². The number of rotatable bonds is 6. The molecule has 0 heterocycles. The molecule has 0 aromatic carbocycles. The molecule has 0 rings (SSSR count). The molecule has 0 bridgehead atoms. The smallest absolute Gasteiger partial charge is 0.173 e. The zero-order valence-corrected chi connectivity index (χ0v) is 11.9. The van der Waals surface area contributed by atoms with Crippen LogP contribution in [0.15, 0.2) is 0 Å². The highest BCUT2D eigenvalue weighted by molar-refractivity contribution is 6.84. The first-order valence-electron chi connectivity index (χ1n) is 4.96. The van der Waals surface area contributed by atoms with Gasteiger partial charge in [0.05, 0.1) is 0 Å². The van der Waals surface area contributed by atoms with E-state index in [1.54, 1.807) is 7.11 Å². The Labute approximate surface area is 84.9 Å². The van der Waals surface area contributed by atoms with E-state index in [0.29, 0.717) is 0 Å². The quantitative estimate of drug-likeness (QED) is 0.506. The van der Waals surface area contributed by atoms with E-state index in [9.17, 15) is 0 Å². The Morgan fingerprint density at radius 2 is 1.54 bits per heavy atom. The van der Waals surface area contributed by atoms with E-state index in [4.69, 9.17) is 8.85 Å². The Morgan fingerprint density at radius 3 is 1.92 bits per heavy atom. The van der Waals surface area contributed by atoms with Crippen molar-refractivity contribution in [2.24, 2.45) is 0 Å². The Hall–Kier alpha value is 0.354. The van der Waals surface area contributed by atoms with Gasteiger partial charge in [-0.25, -0.2) is 0 Å². The maximum atomic E-state index is 6.19. The van der Waals surface area contributed by atoms with Gasteiger partial charge in [0.15, 0.2) is 16.6 Å². The Balaban J connectivity index is 3.80. The van der Waals surface area contributed by atoms with E-state index in [2.05, 4.69) is 32.7 Å². The van der Waals surface area contributed by atoms with Gasteiger partial charge in [0, 0.05) is 13.7 Å². The van der Waals surface area contributed by atoms with Crippen molar-refractivity contribution in [3.63, 3.8) is 0 Å². The summed E-state index contributed by atoms with van der Waals surface area (Å²) in [6, 6.07) is 1.21. The van der Waals surface area contributed by atoms with Crippen LogP contribution in [-0.2, 0) is 8.85 Å². The predicted octanol–water partition coefficient (Wildman–Crippen LogP) is 3.08. The molecule has 0 radical (unpaired) electrons. The van der Waals surface area contributed by atoms with Crippen LogP contribution in [0.5, 0.6) is 0 Å². The van der Waals surface area contributed by atoms with Gasteiger partial charge in [0.25, 0.3) is 0 Å². The van der Waals surface area contributed by atoms with E-state index in [1.807, 2.05) is 0 Å². The third-order valence-electron chi connectivity index (χ3n) is 1.71. The average molecular weight is 220 g/mol. The summed E-state index contributed by atoms with van der Waals surface area (Å²) in [5, 5.41) is 0. The second-order valence-corrected chi connectivity index (χ2v) is 14.1. The second kappa shape index (κ2) is 5.29. The van der Waals surface area contributed by atoms with Crippen molar-refractivity contribution in [3.8, 4) is 0 Å². The monoisotopic (exact) mass is 220 g/mol. The van der Waals surface area contributed by atoms with Crippen LogP contribution in [0.4, 0.5) is 0 Å². The van der Waals surface area contributed by atoms with Crippen LogP contribution in [-0.4, -0.2) is 30.4 Å². The summed E-state index contributed by atoms with van der Waals surface area (Å²) in [5.41, 5.74) is 0. The maximum Gasteiger partial charge on any atom is 0.173 e. The zero-order chi connectivity index (χ0) is 10.5. The van der Waals surface area contributed by atoms with E-state index >= 15 is 0 Å². The number of ether oxygens (including phenoxy) is 1. The zero-order valence-electron chi connectivity index (χ0n) is 9.94. The van der Waals surface area contributed by atoms with Crippen molar-refractivity contribution in [2.45, 2.75) is 45.2 Å². The minimum absolute atomic E-state index is 0.867. The Morgan fingerprint density at radius 1 is 1.00 bits per heavy atom. The molecular formula is C9H24O2Si2. The van der Waals surface area contributed by atoms with Gasteiger partial charge < -0.3 is 8.85 Å². The van der Waals surface area contributed by atoms with E-state index in [1.165, 1.54) is 6.04 Å². The number of methoxy groups -OCH3 is 1. The highest BCUT2D eigenvalue weighted by atomic mass is 28.4. The fourth-order valence-electron chi connectivity index (χ4n) is 1.52. The minimum atomic E-state index is -1.39. The summed E-state index contributed by atoms with van der Waals surface area (Å²) < 4.78 is 11.2. The molecule has 13 heavy (non-hydrogen) atoms. The molecular weight excluding hydrogens is 196 g/mol. The fourth-order valence-corrected chi connectivity index (χ4v) is 9.56. The molecule has 0 amide bonds. The van der Waals surface area contributed by atoms with Gasteiger partial charge in [0.2, 0.25) is 0 Å². The molecule has 2 nitrogen and oxygen atoms in total. The van der Waals surface area contributed by atoms with Crippen LogP contribution in [0.1, 0.15) is 6.42 Å². The van der Waals surface area contributed by atoms with Crippen LogP contribution in [0.25, 0.3) is 0 Å². The Kier molecular flexibility index (Phi) is 5.43. The molecule has 80 valence electrons. The largest absolute Gasteiger partial charge is 0.456 e. The molecule has 0 spiro atoms. The van der Waals surface area contributed by atoms with Gasteiger partial charge in [-0.05, 0) is 45.2 Å². The molecule has 0 unspecified atom stereocenters. The van der Waals surface area contributed by atoms with Gasteiger partial charge in [0.1, 0.15) is 0 Å². The van der Waals surface area contributed by atoms with Crippen LogP contribution in [0.3, 0.4) is 0 Å². The molecule has 0 fully saturated rings. The average Bonchev–Trinajstić information content (AvgIpc) is 1.81. The topological polar surface area (TPSA) is 18.5 Å². The maximum absolute atomic E-state index is 6.19. The van der Waals surface area contributed by atoms with Crippen molar-refractivity contribution < 1.29 is 8.85 Å². The summed E-state index contributed by atoms with van der Waals surface area (Å²) in [4.78, 5) is 0. The molecule has 0 saturated carbocycles. The van der Waals surface area contributed by atoms with Crippen LogP contribution in [0, 0.1) is 0 Å². The first kappa shape index (κ1) is 13.4. The van der Waals surface area contributed by atoms with Gasteiger partial charge in [-0.3, -0.25) is 0 Å². The number of hydrogen-bond donors (Lipinski definition) is 0. The molecule has 0 aromatic heterocycles. The molecule has 0 aliphatic rings. The normalized spacial score (nSPS) is 13.4. The number of hydrogen-bond acceptors (Lipinski definition) is 2. The third-order valence-corrected chi connectivity index (χ3v) is 7.93. The molecule has 0 aromatic rings. The standard InChI is InChI=1S/C9H24O2Si2/c1-10-8-7-9-13(5,6)11-12(2,3)4/h7-9H2,1-6H3. The van der Waals surface area contributed by atoms with Gasteiger partial charge in [-0.2, -0.15) is 0 Å². The molecule has 0 aliphatic heterocycles. The van der Waals surface area contributed by atoms with E-state index < -0.39 is 16.6 Å². The van der Waals surface area contributed by atoms with Gasteiger partial charge in [-0.15, -0.1) is 0 Å². The molecule has 0 atom stereocenters. The summed E-state index contributed by atoms with van der Waals surface area (Å²) in [5.74, 6) is 0. The van der Waals surface area contributed by atoms with Crippen molar-refractivity contribution in [1.82, 2.24) is 0 Å². The summed E-state index contributed by atoms with van der Waals surface area (Å²) >= 11 is 0. The predicted molar refractivity (Wildman–Crippen MR) is 63.2 cm³/mol. The molecule has 0 N–H and O–H groups in total. The lowest BCUT2D eigenvalue weighted by atomic mass is 10.5. The van der Waals surface area contributed by atoms with Gasteiger partial charge in [-0.1, -0.05) is 0 Å². The highest BCUT2D eigenvalue weighted by Gasteiger charge is 2.28. The van der Waals surface area contributed by atoms with Crippen molar-refractivity contribution >= 4 is 16.6 Å². The lowest BCUT2D eigenvalue weighted by Gasteiger charge is -2.31. The summed E-state index contributed by atoms with van der Waals surface area (Å²) in [6.07, 6.45) is 1.14. The first-order chi connectivity index (χ1) is 5.77. The third kappa shape index (κ3) is 8.68. The molecule has 4 heteroatoms. The lowest BCUT2D eigenvalue weighted by Crippen LogP contribution is -2.42. The highest BCUT2D eigenvalue weighted by Crippen LogP contribution is 2.19. The SMILES string of the molecule is COCCC[Si](C)(C)O[Si](C)(C)C. The lowest BCUT2D eigenvalue weighted by molar-refractivity contribution is 0.198. The Bertz CT molecular complexity index is 141. The molecule has 0 aliphatic carbocycles. The van der Waals surface area contributed by atoms with Crippen molar-refractivity contribution in [1.29, 1.82) is 0 Å². The first-order valence-corrected chi connectivity index (χ1v) is 11.5. The van der Waals surface area contributed by atoms with Crippen molar-refractivity contribution in [3.05, 3.63) is 0 Å². The summed E-state index contributed by atoms with van der Waals surface area (Å²) in [6.45, 7) is 12.3. The van der Waals surface area contributed by atoms with Crippen molar-refractivity contribution in [2.75, 3.05) is 13.7 Å². The van der Waals surface area contributed by atoms with E-state index in [0.717, 1.165) is 13.0 Å². The minimum Gasteiger partial charge on any atom is -0.456 e. The second-order valence-electron chi connectivity index (χ2n) is 5.07. The fraction of sp³-hybridized carbons (Fsp3) is 1.00. The van der Waals surface area contributed by atoms with Crippen LogP contribution in [0.2, 0.25) is 38.8 Å². The summed E-state index contributed by atoms with van der Waals surface area (Å²) in [7, 11) is -0.968. The molecule has 0 saturated heterocycles. The van der Waals surface area contributed by atoms with Gasteiger partial charge >= 0.3 is 0 Å². The van der Waals surface area contributed by atoms with E-state index in [-0.39, 0.29) is 0 Å².